The fraction of sp³-hybridized carbons (Fsp3) is 0.231. The zero-order valence-corrected chi connectivity index (χ0v) is 15.5. The molecule has 1 nitrogen and oxygen atoms in total. The van der Waals surface area contributed by atoms with E-state index in [0.717, 1.165) is 8.26 Å². The molecule has 96 valence electrons. The minimum Gasteiger partial charge on any atom is -0.309 e. The Balaban J connectivity index is 2.48. The summed E-state index contributed by atoms with van der Waals surface area (Å²) in [5.74, 6) is 0. The third kappa shape index (κ3) is 2.90. The van der Waals surface area contributed by atoms with Crippen LogP contribution >= 0.6 is 59.1 Å². The summed E-state index contributed by atoms with van der Waals surface area (Å²) in [6.07, 6.45) is 0. The second kappa shape index (κ2) is 6.18. The lowest BCUT2D eigenvalue weighted by Gasteiger charge is -2.17. The first-order valence-electron chi connectivity index (χ1n) is 5.41. The Bertz CT molecular complexity index is 546. The summed E-state index contributed by atoms with van der Waals surface area (Å²) in [4.78, 5) is 1.28. The van der Waals surface area contributed by atoms with Gasteiger partial charge in [-0.3, -0.25) is 0 Å². The maximum Gasteiger partial charge on any atom is 0.0843 e. The van der Waals surface area contributed by atoms with Gasteiger partial charge in [0.1, 0.15) is 0 Å². The summed E-state index contributed by atoms with van der Waals surface area (Å²) >= 11 is 12.5. The molecule has 0 aliphatic rings. The van der Waals surface area contributed by atoms with Crippen LogP contribution in [0.3, 0.4) is 0 Å². The van der Waals surface area contributed by atoms with Crippen LogP contribution < -0.4 is 5.32 Å². The zero-order valence-electron chi connectivity index (χ0n) is 9.93. The van der Waals surface area contributed by atoms with Gasteiger partial charge in [-0.25, -0.2) is 0 Å². The predicted octanol–water partition coefficient (Wildman–Crippen LogP) is 5.65. The van der Waals surface area contributed by atoms with Crippen LogP contribution in [0.4, 0.5) is 0 Å². The molecule has 0 aliphatic carbocycles. The van der Waals surface area contributed by atoms with Crippen LogP contribution in [0.15, 0.2) is 37.0 Å². The molecule has 2 aromatic rings. The molecule has 1 atom stereocenters. The molecule has 0 amide bonds. The monoisotopic (exact) mass is 451 g/mol. The molecule has 0 aliphatic heterocycles. The molecule has 1 aromatic heterocycles. The number of aryl methyl sites for hydroxylation is 1. The molecule has 0 spiro atoms. The normalized spacial score (nSPS) is 12.7. The number of benzene rings is 1. The molecule has 1 aromatic carbocycles. The Morgan fingerprint density at radius 1 is 1.22 bits per heavy atom. The van der Waals surface area contributed by atoms with Gasteiger partial charge in [0.05, 0.1) is 9.83 Å². The highest BCUT2D eigenvalue weighted by atomic mass is 79.9. The van der Waals surface area contributed by atoms with E-state index in [0.29, 0.717) is 0 Å². The van der Waals surface area contributed by atoms with Crippen LogP contribution in [0.1, 0.15) is 22.0 Å². The van der Waals surface area contributed by atoms with E-state index in [2.05, 4.69) is 84.3 Å². The second-order valence-corrected chi connectivity index (χ2v) is 8.02. The maximum absolute atomic E-state index is 3.69. The third-order valence-corrected chi connectivity index (χ3v) is 7.17. The fourth-order valence-electron chi connectivity index (χ4n) is 1.85. The lowest BCUT2D eigenvalue weighted by Crippen LogP contribution is -2.17. The van der Waals surface area contributed by atoms with Crippen molar-refractivity contribution in [1.82, 2.24) is 5.32 Å². The Morgan fingerprint density at radius 3 is 2.50 bits per heavy atom. The van der Waals surface area contributed by atoms with Gasteiger partial charge in [-0.2, -0.15) is 0 Å². The van der Waals surface area contributed by atoms with Crippen molar-refractivity contribution >= 4 is 59.1 Å². The van der Waals surface area contributed by atoms with E-state index in [1.54, 1.807) is 11.3 Å². The zero-order chi connectivity index (χ0) is 13.3. The van der Waals surface area contributed by atoms with Crippen LogP contribution in [-0.2, 0) is 0 Å². The molecule has 0 radical (unpaired) electrons. The van der Waals surface area contributed by atoms with Gasteiger partial charge in [-0.05, 0) is 63.0 Å². The second-order valence-electron chi connectivity index (χ2n) is 3.97. The Hall–Kier alpha value is 0.320. The molecule has 1 N–H and O–H groups in total. The number of halogens is 3. The van der Waals surface area contributed by atoms with E-state index in [1.165, 1.54) is 20.5 Å². The van der Waals surface area contributed by atoms with E-state index in [4.69, 9.17) is 0 Å². The lowest BCUT2D eigenvalue weighted by molar-refractivity contribution is 0.700. The molecule has 18 heavy (non-hydrogen) atoms. The molecule has 1 unspecified atom stereocenters. The van der Waals surface area contributed by atoms with Crippen molar-refractivity contribution in [3.8, 4) is 0 Å². The largest absolute Gasteiger partial charge is 0.309 e. The minimum atomic E-state index is 0.201. The molecule has 0 saturated heterocycles. The third-order valence-electron chi connectivity index (χ3n) is 2.77. The predicted molar refractivity (Wildman–Crippen MR) is 89.5 cm³/mol. The first-order chi connectivity index (χ1) is 8.54. The quantitative estimate of drug-likeness (QED) is 0.633. The molecule has 1 heterocycles. The molecular formula is C13H12Br3NS. The summed E-state index contributed by atoms with van der Waals surface area (Å²) < 4.78 is 3.40. The topological polar surface area (TPSA) is 12.0 Å². The van der Waals surface area contributed by atoms with Crippen LogP contribution in [0, 0.1) is 6.92 Å². The Labute approximate surface area is 136 Å². The highest BCUT2D eigenvalue weighted by Gasteiger charge is 2.19. The first-order valence-corrected chi connectivity index (χ1v) is 8.61. The van der Waals surface area contributed by atoms with Gasteiger partial charge in [-0.15, -0.1) is 11.3 Å². The standard InChI is InChI=1S/C13H12Br3NS/c1-7-4-3-5-8(11(7)15)12(17-2)10-6-9(14)13(16)18-10/h3-6,12,17H,1-2H3. The average molecular weight is 454 g/mol. The number of thiophene rings is 1. The molecule has 0 bridgehead atoms. The van der Waals surface area contributed by atoms with E-state index in [9.17, 15) is 0 Å². The van der Waals surface area contributed by atoms with Crippen molar-refractivity contribution in [1.29, 1.82) is 0 Å². The van der Waals surface area contributed by atoms with Gasteiger partial charge in [0, 0.05) is 13.8 Å². The molecule has 2 rings (SSSR count). The van der Waals surface area contributed by atoms with Gasteiger partial charge < -0.3 is 5.32 Å². The summed E-state index contributed by atoms with van der Waals surface area (Å²) in [7, 11) is 1.99. The minimum absolute atomic E-state index is 0.201. The van der Waals surface area contributed by atoms with Crippen LogP contribution in [0.5, 0.6) is 0 Å². The molecule has 0 fully saturated rings. The van der Waals surface area contributed by atoms with Crippen LogP contribution in [-0.4, -0.2) is 7.05 Å². The van der Waals surface area contributed by atoms with Gasteiger partial charge in [-0.1, -0.05) is 34.1 Å². The van der Waals surface area contributed by atoms with E-state index in [-0.39, 0.29) is 6.04 Å². The maximum atomic E-state index is 3.69. The van der Waals surface area contributed by atoms with Crippen molar-refractivity contribution in [2.24, 2.45) is 0 Å². The number of hydrogen-bond donors (Lipinski definition) is 1. The number of nitrogens with one attached hydrogen (secondary N) is 1. The average Bonchev–Trinajstić information content (AvgIpc) is 2.66. The van der Waals surface area contributed by atoms with E-state index < -0.39 is 0 Å². The van der Waals surface area contributed by atoms with Crippen molar-refractivity contribution in [3.05, 3.63) is 53.0 Å². The Kier molecular flexibility index (Phi) is 5.06. The van der Waals surface area contributed by atoms with Gasteiger partial charge in [0.2, 0.25) is 0 Å². The summed E-state index contributed by atoms with van der Waals surface area (Å²) in [6, 6.07) is 8.72. The van der Waals surface area contributed by atoms with E-state index in [1.807, 2.05) is 7.05 Å². The van der Waals surface area contributed by atoms with Crippen LogP contribution in [0.2, 0.25) is 0 Å². The highest BCUT2D eigenvalue weighted by Crippen LogP contribution is 2.39. The molecular weight excluding hydrogens is 442 g/mol. The summed E-state index contributed by atoms with van der Waals surface area (Å²) in [6.45, 7) is 2.11. The van der Waals surface area contributed by atoms with Crippen LogP contribution in [0.25, 0.3) is 0 Å². The van der Waals surface area contributed by atoms with Crippen molar-refractivity contribution in [2.45, 2.75) is 13.0 Å². The summed E-state index contributed by atoms with van der Waals surface area (Å²) in [5, 5.41) is 3.38. The lowest BCUT2D eigenvalue weighted by atomic mass is 10.0. The molecule has 5 heteroatoms. The fourth-order valence-corrected chi connectivity index (χ4v) is 4.56. The summed E-state index contributed by atoms with van der Waals surface area (Å²) in [5.41, 5.74) is 2.51. The van der Waals surface area contributed by atoms with Gasteiger partial charge in [0.15, 0.2) is 0 Å². The Morgan fingerprint density at radius 2 is 1.94 bits per heavy atom. The van der Waals surface area contributed by atoms with E-state index >= 15 is 0 Å². The SMILES string of the molecule is CNC(c1cc(Br)c(Br)s1)c1cccc(C)c1Br. The highest BCUT2D eigenvalue weighted by molar-refractivity contribution is 9.13. The van der Waals surface area contributed by atoms with Gasteiger partial charge in [0.25, 0.3) is 0 Å². The number of hydrogen-bond acceptors (Lipinski definition) is 2. The first kappa shape index (κ1) is 14.7. The van der Waals surface area contributed by atoms with Crippen molar-refractivity contribution in [2.75, 3.05) is 7.05 Å². The van der Waals surface area contributed by atoms with Crippen molar-refractivity contribution in [3.63, 3.8) is 0 Å². The van der Waals surface area contributed by atoms with Gasteiger partial charge >= 0.3 is 0 Å². The molecule has 0 saturated carbocycles. The number of rotatable bonds is 3. The smallest absolute Gasteiger partial charge is 0.0843 e. The van der Waals surface area contributed by atoms with Crippen molar-refractivity contribution < 1.29 is 0 Å².